The molecule has 128 valence electrons. The van der Waals surface area contributed by atoms with Crippen LogP contribution in [0.4, 0.5) is 5.69 Å². The van der Waals surface area contributed by atoms with Gasteiger partial charge in [0, 0.05) is 29.6 Å². The number of nitrogens with zero attached hydrogens (tertiary/aromatic N) is 1. The van der Waals surface area contributed by atoms with E-state index in [0.29, 0.717) is 6.42 Å². The first kappa shape index (κ1) is 16.7. The minimum absolute atomic E-state index is 0.0142. The van der Waals surface area contributed by atoms with Gasteiger partial charge in [0.15, 0.2) is 0 Å². The molecule has 3 rings (SSSR count). The number of amides is 2. The van der Waals surface area contributed by atoms with Crippen molar-refractivity contribution in [1.82, 2.24) is 15.3 Å². The summed E-state index contributed by atoms with van der Waals surface area (Å²) in [5.74, 6) is -0.191. The van der Waals surface area contributed by atoms with Gasteiger partial charge in [0.05, 0.1) is 12.0 Å². The van der Waals surface area contributed by atoms with E-state index >= 15 is 0 Å². The Hall–Kier alpha value is -2.15. The third-order valence-electron chi connectivity index (χ3n) is 4.38. The van der Waals surface area contributed by atoms with Crippen LogP contribution in [-0.4, -0.2) is 27.8 Å². The van der Waals surface area contributed by atoms with Crippen LogP contribution in [0.2, 0.25) is 0 Å². The van der Waals surface area contributed by atoms with Gasteiger partial charge in [-0.2, -0.15) is 11.3 Å². The van der Waals surface area contributed by atoms with Crippen LogP contribution in [0.25, 0.3) is 0 Å². The van der Waals surface area contributed by atoms with Crippen LogP contribution < -0.4 is 10.6 Å². The van der Waals surface area contributed by atoms with Crippen molar-refractivity contribution in [3.05, 3.63) is 35.0 Å². The Morgan fingerprint density at radius 1 is 1.33 bits per heavy atom. The zero-order valence-corrected chi connectivity index (χ0v) is 14.3. The van der Waals surface area contributed by atoms with Crippen molar-refractivity contribution in [2.24, 2.45) is 5.92 Å². The molecule has 1 saturated carbocycles. The lowest BCUT2D eigenvalue weighted by Crippen LogP contribution is -2.47. The minimum atomic E-state index is -0.611. The maximum Gasteiger partial charge on any atom is 0.247 e. The van der Waals surface area contributed by atoms with Crippen LogP contribution in [0.15, 0.2) is 29.4 Å². The van der Waals surface area contributed by atoms with Crippen LogP contribution in [-0.2, 0) is 16.0 Å². The van der Waals surface area contributed by atoms with E-state index in [9.17, 15) is 9.59 Å². The van der Waals surface area contributed by atoms with Gasteiger partial charge in [-0.05, 0) is 24.3 Å². The lowest BCUT2D eigenvalue weighted by atomic mass is 9.88. The van der Waals surface area contributed by atoms with E-state index in [1.54, 1.807) is 12.5 Å². The van der Waals surface area contributed by atoms with Crippen molar-refractivity contribution in [3.63, 3.8) is 0 Å². The number of thiophene rings is 1. The number of hydrogen-bond donors (Lipinski definition) is 3. The summed E-state index contributed by atoms with van der Waals surface area (Å²) in [7, 11) is 0. The number of anilines is 1. The Morgan fingerprint density at radius 3 is 2.83 bits per heavy atom. The Labute approximate surface area is 145 Å². The van der Waals surface area contributed by atoms with Crippen LogP contribution >= 0.6 is 11.3 Å². The number of nitrogens with one attached hydrogen (secondary N) is 3. The molecule has 2 aromatic heterocycles. The van der Waals surface area contributed by atoms with Crippen molar-refractivity contribution >= 4 is 28.8 Å². The van der Waals surface area contributed by atoms with Crippen molar-refractivity contribution in [1.29, 1.82) is 0 Å². The van der Waals surface area contributed by atoms with Crippen molar-refractivity contribution in [2.45, 2.75) is 44.6 Å². The van der Waals surface area contributed by atoms with Gasteiger partial charge in [0.2, 0.25) is 11.8 Å². The maximum atomic E-state index is 12.6. The third kappa shape index (κ3) is 4.44. The van der Waals surface area contributed by atoms with Gasteiger partial charge >= 0.3 is 0 Å². The van der Waals surface area contributed by atoms with Gasteiger partial charge in [-0.1, -0.05) is 19.3 Å². The van der Waals surface area contributed by atoms with Gasteiger partial charge < -0.3 is 15.6 Å². The summed E-state index contributed by atoms with van der Waals surface area (Å²) in [6.07, 6.45) is 8.84. The molecule has 1 fully saturated rings. The zero-order valence-electron chi connectivity index (χ0n) is 13.5. The second kappa shape index (κ2) is 8.10. The normalized spacial score (nSPS) is 16.5. The predicted molar refractivity (Wildman–Crippen MR) is 93.7 cm³/mol. The fourth-order valence-electron chi connectivity index (χ4n) is 3.04. The molecule has 1 aliphatic rings. The fourth-order valence-corrected chi connectivity index (χ4v) is 3.63. The second-order valence-corrected chi connectivity index (χ2v) is 6.96. The lowest BCUT2D eigenvalue weighted by molar-refractivity contribution is -0.130. The van der Waals surface area contributed by atoms with Crippen LogP contribution in [0, 0.1) is 5.92 Å². The molecule has 0 bridgehead atoms. The summed E-state index contributed by atoms with van der Waals surface area (Å²) >= 11 is 1.52. The average Bonchev–Trinajstić information content (AvgIpc) is 3.29. The van der Waals surface area contributed by atoms with Crippen molar-refractivity contribution in [2.75, 3.05) is 5.32 Å². The van der Waals surface area contributed by atoms with Crippen LogP contribution in [0.3, 0.4) is 0 Å². The van der Waals surface area contributed by atoms with E-state index in [1.165, 1.54) is 17.8 Å². The largest absolute Gasteiger partial charge is 0.348 e. The molecule has 0 aliphatic heterocycles. The molecule has 2 heterocycles. The van der Waals surface area contributed by atoms with E-state index in [4.69, 9.17) is 0 Å². The Morgan fingerprint density at radius 2 is 2.17 bits per heavy atom. The summed E-state index contributed by atoms with van der Waals surface area (Å²) < 4.78 is 0. The summed E-state index contributed by atoms with van der Waals surface area (Å²) in [5.41, 5.74) is 1.58. The number of imidazole rings is 1. The Bertz CT molecular complexity index is 648. The smallest absolute Gasteiger partial charge is 0.247 e. The standard InChI is InChI=1S/C17H22N4O2S/c22-16(12-4-2-1-3-5-12)21-15(8-14-9-18-11-19-14)17(23)20-13-6-7-24-10-13/h6-7,9-12,15H,1-5,8H2,(H,18,19)(H,20,23)(H,21,22). The Kier molecular flexibility index (Phi) is 5.63. The summed E-state index contributed by atoms with van der Waals surface area (Å²) in [4.78, 5) is 32.1. The molecule has 3 N–H and O–H groups in total. The molecule has 1 atom stereocenters. The fraction of sp³-hybridized carbons (Fsp3) is 0.471. The number of carbonyl (C=O) groups excluding carboxylic acids is 2. The highest BCUT2D eigenvalue weighted by Gasteiger charge is 2.27. The van der Waals surface area contributed by atoms with E-state index in [2.05, 4.69) is 20.6 Å². The summed E-state index contributed by atoms with van der Waals surface area (Å²) in [6, 6.07) is 1.23. The first-order valence-electron chi connectivity index (χ1n) is 8.33. The van der Waals surface area contributed by atoms with E-state index in [0.717, 1.165) is 37.1 Å². The molecule has 1 aliphatic carbocycles. The molecule has 2 aromatic rings. The first-order valence-corrected chi connectivity index (χ1v) is 9.27. The van der Waals surface area contributed by atoms with Crippen LogP contribution in [0.1, 0.15) is 37.8 Å². The quantitative estimate of drug-likeness (QED) is 0.751. The van der Waals surface area contributed by atoms with Gasteiger partial charge in [-0.15, -0.1) is 0 Å². The van der Waals surface area contributed by atoms with Gasteiger partial charge in [-0.25, -0.2) is 4.98 Å². The third-order valence-corrected chi connectivity index (χ3v) is 5.06. The number of aromatic amines is 1. The summed E-state index contributed by atoms with van der Waals surface area (Å²) in [6.45, 7) is 0. The topological polar surface area (TPSA) is 86.9 Å². The van der Waals surface area contributed by atoms with Crippen LogP contribution in [0.5, 0.6) is 0 Å². The van der Waals surface area contributed by atoms with Gasteiger partial charge in [0.25, 0.3) is 0 Å². The molecule has 0 aromatic carbocycles. The second-order valence-electron chi connectivity index (χ2n) is 6.18. The van der Waals surface area contributed by atoms with E-state index < -0.39 is 6.04 Å². The average molecular weight is 346 g/mol. The van der Waals surface area contributed by atoms with Gasteiger partial charge in [-0.3, -0.25) is 9.59 Å². The zero-order chi connectivity index (χ0) is 16.8. The first-order chi connectivity index (χ1) is 11.7. The predicted octanol–water partition coefficient (Wildman–Crippen LogP) is 2.72. The summed E-state index contributed by atoms with van der Waals surface area (Å²) in [5, 5.41) is 9.58. The Balaban J connectivity index is 1.66. The molecular formula is C17H22N4O2S. The number of rotatable bonds is 6. The van der Waals surface area contributed by atoms with Crippen molar-refractivity contribution in [3.8, 4) is 0 Å². The molecule has 7 heteroatoms. The molecule has 0 radical (unpaired) electrons. The monoisotopic (exact) mass is 346 g/mol. The number of hydrogen-bond acceptors (Lipinski definition) is 4. The molecule has 6 nitrogen and oxygen atoms in total. The molecule has 0 saturated heterocycles. The highest BCUT2D eigenvalue weighted by molar-refractivity contribution is 7.08. The van der Waals surface area contributed by atoms with E-state index in [-0.39, 0.29) is 17.7 Å². The lowest BCUT2D eigenvalue weighted by Gasteiger charge is -2.24. The number of aromatic nitrogens is 2. The minimum Gasteiger partial charge on any atom is -0.348 e. The van der Waals surface area contributed by atoms with Crippen molar-refractivity contribution < 1.29 is 9.59 Å². The van der Waals surface area contributed by atoms with E-state index in [1.807, 2.05) is 16.8 Å². The molecule has 2 amide bonds. The molecule has 1 unspecified atom stereocenters. The number of carbonyl (C=O) groups is 2. The highest BCUT2D eigenvalue weighted by atomic mass is 32.1. The number of H-pyrrole nitrogens is 1. The highest BCUT2D eigenvalue weighted by Crippen LogP contribution is 2.24. The molecular weight excluding hydrogens is 324 g/mol. The molecule has 24 heavy (non-hydrogen) atoms. The SMILES string of the molecule is O=C(NC(Cc1cnc[nH]1)C(=O)Nc1ccsc1)C1CCCCC1. The maximum absolute atomic E-state index is 12.6. The van der Waals surface area contributed by atoms with Gasteiger partial charge in [0.1, 0.15) is 6.04 Å². The molecule has 0 spiro atoms.